The molecule has 0 spiro atoms. The van der Waals surface area contributed by atoms with Crippen molar-refractivity contribution in [1.29, 1.82) is 0 Å². The second kappa shape index (κ2) is 5.26. The van der Waals surface area contributed by atoms with Gasteiger partial charge in [0, 0.05) is 0 Å². The van der Waals surface area contributed by atoms with Gasteiger partial charge in [0.1, 0.15) is 0 Å². The molecule has 9 heavy (non-hydrogen) atoms. The second-order valence-electron chi connectivity index (χ2n) is 2.52. The van der Waals surface area contributed by atoms with Crippen molar-refractivity contribution in [1.82, 2.24) is 0 Å². The molecule has 0 nitrogen and oxygen atoms in total. The first kappa shape index (κ1) is 8.67. The van der Waals surface area contributed by atoms with Crippen LogP contribution in [-0.4, -0.2) is 34.1 Å². The fourth-order valence-corrected chi connectivity index (χ4v) is 12.5. The Bertz CT molecular complexity index is 64.6. The molecule has 1 rings (SSSR count). The average Bonchev–Trinajstić information content (AvgIpc) is 1.91. The summed E-state index contributed by atoms with van der Waals surface area (Å²) in [6, 6.07) is 0. The Balaban J connectivity index is 2.08. The van der Waals surface area contributed by atoms with Gasteiger partial charge in [0.2, 0.25) is 0 Å². The summed E-state index contributed by atoms with van der Waals surface area (Å²) in [5.41, 5.74) is 0. The summed E-state index contributed by atoms with van der Waals surface area (Å²) in [6.45, 7) is 0. The molecule has 1 fully saturated rings. The van der Waals surface area contributed by atoms with Crippen LogP contribution in [0.4, 0.5) is 0 Å². The van der Waals surface area contributed by atoms with E-state index >= 15 is 0 Å². The maximum atomic E-state index is 2.49. The molecule has 0 bridgehead atoms. The van der Waals surface area contributed by atoms with Crippen LogP contribution in [0.15, 0.2) is 0 Å². The molecule has 1 aliphatic carbocycles. The molecule has 0 N–H and O–H groups in total. The number of rotatable bonds is 2. The summed E-state index contributed by atoms with van der Waals surface area (Å²) in [6.07, 6.45) is 7.88. The predicted molar refractivity (Wildman–Crippen MR) is 44.2 cm³/mol. The van der Waals surface area contributed by atoms with Gasteiger partial charge in [-0.15, -0.1) is 0 Å². The van der Waals surface area contributed by atoms with Crippen molar-refractivity contribution in [3.63, 3.8) is 0 Å². The van der Waals surface area contributed by atoms with Crippen molar-refractivity contribution in [2.75, 3.05) is 0 Å². The monoisotopic (exact) mass is 358 g/mol. The molecule has 0 aliphatic heterocycles. The first-order valence-electron chi connectivity index (χ1n) is 3.63. The normalized spacial score (nSPS) is 22.3. The molecule has 0 amide bonds. The van der Waals surface area contributed by atoms with E-state index in [-0.39, 0.29) is 0 Å². The van der Waals surface area contributed by atoms with Crippen molar-refractivity contribution < 1.29 is 0 Å². The molecular weight excluding hydrogens is 339 g/mol. The van der Waals surface area contributed by atoms with E-state index in [1.807, 2.05) is 0 Å². The van der Waals surface area contributed by atoms with E-state index in [2.05, 4.69) is 4.97 Å². The molecule has 0 aromatic carbocycles. The first-order chi connectivity index (χ1) is 4.43. The molecule has 54 valence electrons. The van der Waals surface area contributed by atoms with Gasteiger partial charge in [-0.1, -0.05) is 0 Å². The summed E-state index contributed by atoms with van der Waals surface area (Å²) in [5.74, 6) is 0. The summed E-state index contributed by atoms with van der Waals surface area (Å²) >= 11 is 1.14. The van der Waals surface area contributed by atoms with Gasteiger partial charge in [-0.05, 0) is 0 Å². The third-order valence-electron chi connectivity index (χ3n) is 1.78. The molecule has 0 radical (unpaired) electrons. The van der Waals surface area contributed by atoms with Gasteiger partial charge in [0.15, 0.2) is 0 Å². The van der Waals surface area contributed by atoms with Gasteiger partial charge < -0.3 is 0 Å². The van der Waals surface area contributed by atoms with Gasteiger partial charge in [0.05, 0.1) is 0 Å². The van der Waals surface area contributed by atoms with Crippen LogP contribution in [0.1, 0.15) is 32.1 Å². The maximum absolute atomic E-state index is 2.49. The Kier molecular flexibility index (Phi) is 5.07. The summed E-state index contributed by atoms with van der Waals surface area (Å²) < 4.78 is 1.29. The van der Waals surface area contributed by atoms with Gasteiger partial charge in [-0.2, -0.15) is 0 Å². The number of hydrogen-bond acceptors (Lipinski definition) is 0. The molecule has 0 saturated heterocycles. The van der Waals surface area contributed by atoms with Crippen LogP contribution in [-0.2, 0) is 0 Å². The SMILES string of the molecule is C[Te][Te]C1CCCCC1. The Morgan fingerprint density at radius 2 is 1.78 bits per heavy atom. The fraction of sp³-hybridized carbons (Fsp3) is 1.00. The topological polar surface area (TPSA) is 0 Å². The van der Waals surface area contributed by atoms with Crippen molar-refractivity contribution >= 4 is 34.1 Å². The van der Waals surface area contributed by atoms with Crippen molar-refractivity contribution in [3.8, 4) is 0 Å². The number of hydrogen-bond donors (Lipinski definition) is 0. The van der Waals surface area contributed by atoms with Crippen molar-refractivity contribution in [2.45, 2.75) is 41.0 Å². The van der Waals surface area contributed by atoms with Crippen molar-refractivity contribution in [2.24, 2.45) is 0 Å². The quantitative estimate of drug-likeness (QED) is 0.667. The van der Waals surface area contributed by atoms with E-state index in [9.17, 15) is 0 Å². The third kappa shape index (κ3) is 3.48. The molecule has 0 aromatic rings. The summed E-state index contributed by atoms with van der Waals surface area (Å²) in [5, 5.41) is 0. The average molecular weight is 353 g/mol. The second-order valence-corrected chi connectivity index (χ2v) is 16.0. The van der Waals surface area contributed by atoms with E-state index in [0.29, 0.717) is 34.1 Å². The molecule has 0 unspecified atom stereocenters. The summed E-state index contributed by atoms with van der Waals surface area (Å²) in [7, 11) is 0. The zero-order chi connectivity index (χ0) is 6.53. The van der Waals surface area contributed by atoms with E-state index in [1.54, 1.807) is 25.7 Å². The Morgan fingerprint density at radius 3 is 2.33 bits per heavy atom. The molecular formula is C7H14Te2. The molecule has 0 aromatic heterocycles. The minimum absolute atomic E-state index is 0.565. The van der Waals surface area contributed by atoms with E-state index < -0.39 is 0 Å². The standard InChI is InChI=1S/C7H14Te2/c1-8-9-7-5-3-2-4-6-7/h7H,2-6H2,1H3. The van der Waals surface area contributed by atoms with Crippen LogP contribution in [0.25, 0.3) is 0 Å². The Labute approximate surface area is 74.5 Å². The van der Waals surface area contributed by atoms with Gasteiger partial charge in [0.25, 0.3) is 0 Å². The summed E-state index contributed by atoms with van der Waals surface area (Å²) in [4.78, 5) is 2.49. The zero-order valence-corrected chi connectivity index (χ0v) is 10.6. The Morgan fingerprint density at radius 1 is 1.11 bits per heavy atom. The molecule has 2 heteroatoms. The predicted octanol–water partition coefficient (Wildman–Crippen LogP) is 2.11. The van der Waals surface area contributed by atoms with Crippen LogP contribution in [0, 0.1) is 0 Å². The molecule has 0 heterocycles. The molecule has 1 aliphatic rings. The minimum atomic E-state index is 0.565. The van der Waals surface area contributed by atoms with Crippen molar-refractivity contribution in [3.05, 3.63) is 0 Å². The zero-order valence-electron chi connectivity index (χ0n) is 5.93. The van der Waals surface area contributed by atoms with Crippen LogP contribution in [0.3, 0.4) is 0 Å². The van der Waals surface area contributed by atoms with Crippen LogP contribution < -0.4 is 0 Å². The van der Waals surface area contributed by atoms with Crippen LogP contribution in [0.5, 0.6) is 0 Å². The molecule has 1 saturated carbocycles. The molecule has 0 atom stereocenters. The van der Waals surface area contributed by atoms with E-state index in [0.717, 1.165) is 0 Å². The van der Waals surface area contributed by atoms with Crippen LogP contribution in [0.2, 0.25) is 8.94 Å². The van der Waals surface area contributed by atoms with E-state index in [4.69, 9.17) is 0 Å². The first-order valence-corrected chi connectivity index (χ1v) is 14.6. The van der Waals surface area contributed by atoms with E-state index in [1.165, 1.54) is 10.4 Å². The Hall–Kier alpha value is 1.58. The third-order valence-corrected chi connectivity index (χ3v) is 13.4. The van der Waals surface area contributed by atoms with Gasteiger partial charge in [-0.25, -0.2) is 0 Å². The van der Waals surface area contributed by atoms with Crippen LogP contribution >= 0.6 is 0 Å². The van der Waals surface area contributed by atoms with Gasteiger partial charge >= 0.3 is 75.2 Å². The fourth-order valence-electron chi connectivity index (χ4n) is 1.30. The van der Waals surface area contributed by atoms with Gasteiger partial charge in [-0.3, -0.25) is 0 Å².